The molecule has 0 amide bonds. The Morgan fingerprint density at radius 3 is 2.20 bits per heavy atom. The Morgan fingerprint density at radius 2 is 1.65 bits per heavy atom. The number of hydrogen-bond donors (Lipinski definition) is 2. The monoisotopic (exact) mass is 271 g/mol. The van der Waals surface area contributed by atoms with Crippen LogP contribution in [0.2, 0.25) is 0 Å². The highest BCUT2D eigenvalue weighted by Gasteiger charge is 2.51. The van der Waals surface area contributed by atoms with Gasteiger partial charge in [-0.1, -0.05) is 0 Å². The molecule has 4 saturated carbocycles. The number of nitrogens with two attached hydrogens (primary N) is 1. The minimum absolute atomic E-state index is 0.0824. The van der Waals surface area contributed by atoms with Gasteiger partial charge in [0.2, 0.25) is 0 Å². The van der Waals surface area contributed by atoms with Crippen LogP contribution in [0.3, 0.4) is 0 Å². The van der Waals surface area contributed by atoms with Gasteiger partial charge in [0, 0.05) is 6.07 Å². The number of nitrogen functional groups attached to an aromatic ring is 1. The highest BCUT2D eigenvalue weighted by atomic mass is 16.3. The Labute approximate surface area is 119 Å². The number of benzene rings is 1. The van der Waals surface area contributed by atoms with Gasteiger partial charge >= 0.3 is 0 Å². The van der Waals surface area contributed by atoms with E-state index in [0.717, 1.165) is 17.8 Å². The Kier molecular flexibility index (Phi) is 2.56. The average Bonchev–Trinajstić information content (AvgIpc) is 2.36. The van der Waals surface area contributed by atoms with Crippen LogP contribution in [0.4, 0.5) is 11.4 Å². The molecule has 4 nitrogen and oxygen atoms in total. The summed E-state index contributed by atoms with van der Waals surface area (Å²) < 4.78 is 0. The molecule has 3 N–H and O–H groups in total. The highest BCUT2D eigenvalue weighted by Crippen LogP contribution is 2.57. The lowest BCUT2D eigenvalue weighted by Crippen LogP contribution is -2.49. The van der Waals surface area contributed by atoms with Gasteiger partial charge in [0.05, 0.1) is 11.2 Å². The van der Waals surface area contributed by atoms with Crippen LogP contribution >= 0.6 is 0 Å². The SMILES string of the molecule is Nc1cc(O)ccc1N=NC12CC3CC(CC(C3)C1)C2. The molecule has 5 rings (SSSR count). The first-order valence-corrected chi connectivity index (χ1v) is 7.63. The van der Waals surface area contributed by atoms with E-state index in [0.29, 0.717) is 11.4 Å². The summed E-state index contributed by atoms with van der Waals surface area (Å²) in [6.45, 7) is 0. The molecular formula is C16H21N3O. The largest absolute Gasteiger partial charge is 0.508 e. The molecule has 0 spiro atoms. The molecule has 4 aliphatic rings. The summed E-state index contributed by atoms with van der Waals surface area (Å²) in [5.74, 6) is 2.79. The average molecular weight is 271 g/mol. The van der Waals surface area contributed by atoms with Gasteiger partial charge in [0.25, 0.3) is 0 Å². The van der Waals surface area contributed by atoms with Gasteiger partial charge in [-0.15, -0.1) is 0 Å². The maximum absolute atomic E-state index is 9.38. The topological polar surface area (TPSA) is 71.0 Å². The van der Waals surface area contributed by atoms with Crippen molar-refractivity contribution >= 4 is 11.4 Å². The standard InChI is InChI=1S/C16H21N3O/c17-14-6-13(20)1-2-15(14)18-19-16-7-10-3-11(8-16)5-12(4-10)9-16/h1-2,6,10-12,20H,3-5,7-9,17H2. The number of nitrogens with zero attached hydrogens (tertiary/aromatic N) is 2. The van der Waals surface area contributed by atoms with Crippen molar-refractivity contribution in [2.24, 2.45) is 28.0 Å². The fourth-order valence-corrected chi connectivity index (χ4v) is 4.98. The van der Waals surface area contributed by atoms with Crippen molar-refractivity contribution in [2.75, 3.05) is 5.73 Å². The summed E-state index contributed by atoms with van der Waals surface area (Å²) >= 11 is 0. The molecule has 4 bridgehead atoms. The fourth-order valence-electron chi connectivity index (χ4n) is 4.98. The van der Waals surface area contributed by atoms with Gasteiger partial charge in [0.1, 0.15) is 11.4 Å². The third kappa shape index (κ3) is 1.98. The zero-order chi connectivity index (χ0) is 13.7. The van der Waals surface area contributed by atoms with Crippen molar-refractivity contribution in [3.63, 3.8) is 0 Å². The Morgan fingerprint density at radius 1 is 1.05 bits per heavy atom. The zero-order valence-corrected chi connectivity index (χ0v) is 11.6. The molecule has 4 heteroatoms. The predicted molar refractivity (Wildman–Crippen MR) is 77.9 cm³/mol. The number of phenolic OH excluding ortho intramolecular Hbond substituents is 1. The van der Waals surface area contributed by atoms with Crippen LogP contribution in [-0.4, -0.2) is 10.6 Å². The summed E-state index contributed by atoms with van der Waals surface area (Å²) in [5, 5.41) is 18.5. The van der Waals surface area contributed by atoms with Gasteiger partial charge in [-0.3, -0.25) is 0 Å². The van der Waals surface area contributed by atoms with Crippen molar-refractivity contribution in [1.29, 1.82) is 0 Å². The number of hydrogen-bond acceptors (Lipinski definition) is 4. The second-order valence-corrected chi connectivity index (χ2v) is 7.09. The Bertz CT molecular complexity index is 532. The maximum Gasteiger partial charge on any atom is 0.117 e. The lowest BCUT2D eigenvalue weighted by Gasteiger charge is -2.54. The predicted octanol–water partition coefficient (Wildman–Crippen LogP) is 4.03. The minimum Gasteiger partial charge on any atom is -0.508 e. The first kappa shape index (κ1) is 12.2. The molecule has 0 saturated heterocycles. The lowest BCUT2D eigenvalue weighted by atomic mass is 9.53. The first-order valence-electron chi connectivity index (χ1n) is 7.63. The van der Waals surface area contributed by atoms with E-state index in [1.54, 1.807) is 12.1 Å². The molecule has 1 aromatic carbocycles. The molecule has 20 heavy (non-hydrogen) atoms. The summed E-state index contributed by atoms with van der Waals surface area (Å²) in [4.78, 5) is 0. The number of anilines is 1. The third-order valence-corrected chi connectivity index (χ3v) is 5.39. The number of phenols is 1. The van der Waals surface area contributed by atoms with Crippen LogP contribution in [0.5, 0.6) is 5.75 Å². The smallest absolute Gasteiger partial charge is 0.117 e. The van der Waals surface area contributed by atoms with Gasteiger partial charge in [-0.25, -0.2) is 0 Å². The molecule has 4 fully saturated rings. The van der Waals surface area contributed by atoms with Crippen LogP contribution in [0, 0.1) is 17.8 Å². The third-order valence-electron chi connectivity index (χ3n) is 5.39. The molecule has 0 unspecified atom stereocenters. The molecule has 0 heterocycles. The van der Waals surface area contributed by atoms with Crippen LogP contribution in [0.25, 0.3) is 0 Å². The molecule has 0 radical (unpaired) electrons. The van der Waals surface area contributed by atoms with Gasteiger partial charge < -0.3 is 10.8 Å². The lowest BCUT2D eigenvalue weighted by molar-refractivity contribution is -0.00154. The van der Waals surface area contributed by atoms with E-state index in [1.807, 2.05) is 0 Å². The van der Waals surface area contributed by atoms with E-state index < -0.39 is 0 Å². The fraction of sp³-hybridized carbons (Fsp3) is 0.625. The zero-order valence-electron chi connectivity index (χ0n) is 11.6. The maximum atomic E-state index is 9.38. The second-order valence-electron chi connectivity index (χ2n) is 7.09. The Balaban J connectivity index is 1.60. The van der Waals surface area contributed by atoms with Crippen LogP contribution < -0.4 is 5.73 Å². The van der Waals surface area contributed by atoms with Crippen molar-refractivity contribution in [2.45, 2.75) is 44.1 Å². The van der Waals surface area contributed by atoms with E-state index in [2.05, 4.69) is 5.11 Å². The van der Waals surface area contributed by atoms with Crippen LogP contribution in [0.15, 0.2) is 28.4 Å². The minimum atomic E-state index is 0.0824. The number of rotatable bonds is 2. The van der Waals surface area contributed by atoms with E-state index >= 15 is 0 Å². The first-order chi connectivity index (χ1) is 9.62. The normalized spacial score (nSPS) is 38.7. The summed E-state index contributed by atoms with van der Waals surface area (Å²) in [5.41, 5.74) is 7.15. The summed E-state index contributed by atoms with van der Waals surface area (Å²) in [6, 6.07) is 4.90. The molecule has 1 aromatic rings. The van der Waals surface area contributed by atoms with Crippen molar-refractivity contribution in [3.8, 4) is 5.75 Å². The molecular weight excluding hydrogens is 250 g/mol. The number of aromatic hydroxyl groups is 1. The second kappa shape index (κ2) is 4.21. The number of azo groups is 1. The summed E-state index contributed by atoms with van der Waals surface area (Å²) in [7, 11) is 0. The van der Waals surface area contributed by atoms with Crippen molar-refractivity contribution in [3.05, 3.63) is 18.2 Å². The molecule has 106 valence electrons. The van der Waals surface area contributed by atoms with Gasteiger partial charge in [-0.2, -0.15) is 10.2 Å². The van der Waals surface area contributed by atoms with Gasteiger partial charge in [0.15, 0.2) is 0 Å². The molecule has 0 atom stereocenters. The quantitative estimate of drug-likeness (QED) is 0.629. The van der Waals surface area contributed by atoms with E-state index in [4.69, 9.17) is 10.8 Å². The summed E-state index contributed by atoms with van der Waals surface area (Å²) in [6.07, 6.45) is 7.86. The highest BCUT2D eigenvalue weighted by molar-refractivity contribution is 5.64. The van der Waals surface area contributed by atoms with Gasteiger partial charge in [-0.05, 0) is 68.4 Å². The van der Waals surface area contributed by atoms with Crippen molar-refractivity contribution < 1.29 is 5.11 Å². The van der Waals surface area contributed by atoms with Crippen LogP contribution in [0.1, 0.15) is 38.5 Å². The van der Waals surface area contributed by atoms with Crippen molar-refractivity contribution in [1.82, 2.24) is 0 Å². The molecule has 0 aliphatic heterocycles. The van der Waals surface area contributed by atoms with E-state index in [-0.39, 0.29) is 11.3 Å². The van der Waals surface area contributed by atoms with E-state index in [9.17, 15) is 5.11 Å². The molecule has 4 aliphatic carbocycles. The Hall–Kier alpha value is -1.58. The van der Waals surface area contributed by atoms with Crippen LogP contribution in [-0.2, 0) is 0 Å². The molecule has 0 aromatic heterocycles. The van der Waals surface area contributed by atoms with E-state index in [1.165, 1.54) is 44.6 Å².